The van der Waals surface area contributed by atoms with Crippen molar-refractivity contribution >= 4 is 17.6 Å². The lowest BCUT2D eigenvalue weighted by Gasteiger charge is -2.27. The first-order valence-corrected chi connectivity index (χ1v) is 9.05. The smallest absolute Gasteiger partial charge is 0.225 e. The summed E-state index contributed by atoms with van der Waals surface area (Å²) < 4.78 is 5.35. The molecule has 2 saturated heterocycles. The van der Waals surface area contributed by atoms with Crippen LogP contribution in [-0.4, -0.2) is 60.6 Å². The minimum Gasteiger partial charge on any atom is -0.378 e. The van der Waals surface area contributed by atoms with Gasteiger partial charge in [0.1, 0.15) is 5.82 Å². The molecule has 4 rings (SSSR count). The Labute approximate surface area is 147 Å². The van der Waals surface area contributed by atoms with Crippen molar-refractivity contribution < 1.29 is 14.3 Å². The van der Waals surface area contributed by atoms with Crippen LogP contribution in [0.4, 0.5) is 5.82 Å². The predicted molar refractivity (Wildman–Crippen MR) is 92.0 cm³/mol. The Hall–Kier alpha value is -2.15. The van der Waals surface area contributed by atoms with Crippen LogP contribution in [0.3, 0.4) is 0 Å². The molecule has 1 aromatic rings. The molecule has 1 saturated carbocycles. The number of carbonyl (C=O) groups is 2. The topological polar surface area (TPSA) is 74.8 Å². The lowest BCUT2D eigenvalue weighted by atomic mass is 10.1. The molecule has 134 valence electrons. The maximum atomic E-state index is 12.3. The average molecular weight is 344 g/mol. The monoisotopic (exact) mass is 344 g/mol. The van der Waals surface area contributed by atoms with Gasteiger partial charge in [0.25, 0.3) is 0 Å². The zero-order chi connectivity index (χ0) is 17.2. The molecule has 3 aliphatic rings. The molecule has 0 spiro atoms. The lowest BCUT2D eigenvalue weighted by Crippen LogP contribution is -2.36. The molecule has 7 heteroatoms. The maximum absolute atomic E-state index is 12.3. The van der Waals surface area contributed by atoms with Crippen molar-refractivity contribution in [2.75, 3.05) is 37.7 Å². The van der Waals surface area contributed by atoms with Crippen LogP contribution >= 0.6 is 0 Å². The van der Waals surface area contributed by atoms with Gasteiger partial charge >= 0.3 is 0 Å². The third kappa shape index (κ3) is 3.76. The van der Waals surface area contributed by atoms with Gasteiger partial charge in [-0.15, -0.1) is 0 Å². The Balaban J connectivity index is 1.27. The third-order valence-electron chi connectivity index (χ3n) is 5.13. The van der Waals surface area contributed by atoms with E-state index >= 15 is 0 Å². The summed E-state index contributed by atoms with van der Waals surface area (Å²) in [6.45, 7) is 4.20. The van der Waals surface area contributed by atoms with E-state index in [2.05, 4.69) is 15.2 Å². The van der Waals surface area contributed by atoms with E-state index < -0.39 is 0 Å². The number of likely N-dealkylation sites (tertiary alicyclic amines) is 1. The van der Waals surface area contributed by atoms with E-state index in [1.54, 1.807) is 6.20 Å². The highest BCUT2D eigenvalue weighted by Gasteiger charge is 2.41. The van der Waals surface area contributed by atoms with Crippen LogP contribution in [0, 0.1) is 5.92 Å². The Bertz CT molecular complexity index is 638. The summed E-state index contributed by atoms with van der Waals surface area (Å²) in [5.74, 6) is 0.821. The fourth-order valence-electron chi connectivity index (χ4n) is 3.48. The minimum atomic E-state index is -0.214. The molecular weight excluding hydrogens is 320 g/mol. The van der Waals surface area contributed by atoms with Crippen LogP contribution in [0.15, 0.2) is 18.3 Å². The van der Waals surface area contributed by atoms with Crippen molar-refractivity contribution in [3.63, 3.8) is 0 Å². The number of rotatable bonds is 5. The molecule has 1 aromatic heterocycles. The van der Waals surface area contributed by atoms with E-state index in [0.717, 1.165) is 50.5 Å². The molecule has 0 bridgehead atoms. The summed E-state index contributed by atoms with van der Waals surface area (Å²) in [6, 6.07) is 4.37. The number of aromatic nitrogens is 1. The predicted octanol–water partition coefficient (Wildman–Crippen LogP) is 0.545. The van der Waals surface area contributed by atoms with Gasteiger partial charge in [-0.1, -0.05) is 6.07 Å². The normalized spacial score (nSPS) is 23.8. The summed E-state index contributed by atoms with van der Waals surface area (Å²) in [5, 5.41) is 2.95. The number of hydrogen-bond acceptors (Lipinski definition) is 5. The van der Waals surface area contributed by atoms with Crippen LogP contribution in [-0.2, 0) is 20.9 Å². The number of hydrogen-bond donors (Lipinski definition) is 1. The molecule has 7 nitrogen and oxygen atoms in total. The van der Waals surface area contributed by atoms with E-state index in [-0.39, 0.29) is 17.7 Å². The zero-order valence-corrected chi connectivity index (χ0v) is 14.3. The summed E-state index contributed by atoms with van der Waals surface area (Å²) in [5.41, 5.74) is 0.966. The fourth-order valence-corrected chi connectivity index (χ4v) is 3.48. The summed E-state index contributed by atoms with van der Waals surface area (Å²) in [6.07, 6.45) is 4.32. The molecule has 0 unspecified atom stereocenters. The largest absolute Gasteiger partial charge is 0.378 e. The Kier molecular flexibility index (Phi) is 4.57. The van der Waals surface area contributed by atoms with Crippen molar-refractivity contribution in [2.24, 2.45) is 5.92 Å². The number of pyridine rings is 1. The second kappa shape index (κ2) is 7.00. The van der Waals surface area contributed by atoms with Gasteiger partial charge in [0.05, 0.1) is 19.1 Å². The van der Waals surface area contributed by atoms with Gasteiger partial charge in [-0.3, -0.25) is 9.59 Å². The van der Waals surface area contributed by atoms with Crippen molar-refractivity contribution in [3.8, 4) is 0 Å². The van der Waals surface area contributed by atoms with Crippen LogP contribution in [0.2, 0.25) is 0 Å². The highest BCUT2D eigenvalue weighted by Crippen LogP contribution is 2.32. The van der Waals surface area contributed by atoms with Gasteiger partial charge < -0.3 is 19.9 Å². The summed E-state index contributed by atoms with van der Waals surface area (Å²) in [7, 11) is 0. The molecule has 0 radical (unpaired) electrons. The first-order chi connectivity index (χ1) is 12.2. The number of carbonyl (C=O) groups excluding carboxylic acids is 2. The lowest BCUT2D eigenvalue weighted by molar-refractivity contribution is -0.129. The number of amides is 2. The molecular formula is C18H24N4O3. The number of nitrogens with zero attached hydrogens (tertiary/aromatic N) is 3. The number of anilines is 1. The van der Waals surface area contributed by atoms with Crippen LogP contribution in [0.1, 0.15) is 24.8 Å². The van der Waals surface area contributed by atoms with Crippen LogP contribution in [0.5, 0.6) is 0 Å². The zero-order valence-electron chi connectivity index (χ0n) is 14.3. The van der Waals surface area contributed by atoms with Crippen molar-refractivity contribution in [1.82, 2.24) is 15.2 Å². The standard InChI is InChI=1S/C18H24N4O3/c23-17-9-14(12-22(17)15-2-3-15)18(24)20-11-13-1-4-16(19-10-13)21-5-7-25-8-6-21/h1,4,10,14-15H,2-3,5-9,11-12H2,(H,20,24)/t14-/m1/s1. The van der Waals surface area contributed by atoms with Gasteiger partial charge in [-0.2, -0.15) is 0 Å². The van der Waals surface area contributed by atoms with Crippen LogP contribution in [0.25, 0.3) is 0 Å². The highest BCUT2D eigenvalue weighted by atomic mass is 16.5. The molecule has 0 aromatic carbocycles. The second-order valence-electron chi connectivity index (χ2n) is 7.02. The second-order valence-corrected chi connectivity index (χ2v) is 7.02. The number of ether oxygens (including phenoxy) is 1. The average Bonchev–Trinajstić information content (AvgIpc) is 3.42. The fraction of sp³-hybridized carbons (Fsp3) is 0.611. The van der Waals surface area contributed by atoms with Crippen molar-refractivity contribution in [3.05, 3.63) is 23.9 Å². The molecule has 1 N–H and O–H groups in total. The Morgan fingerprint density at radius 2 is 2.08 bits per heavy atom. The molecule has 2 aliphatic heterocycles. The molecule has 25 heavy (non-hydrogen) atoms. The van der Waals surface area contributed by atoms with Crippen molar-refractivity contribution in [2.45, 2.75) is 31.8 Å². The maximum Gasteiger partial charge on any atom is 0.225 e. The summed E-state index contributed by atoms with van der Waals surface area (Å²) in [4.78, 5) is 32.9. The Morgan fingerprint density at radius 3 is 2.76 bits per heavy atom. The molecule has 3 fully saturated rings. The highest BCUT2D eigenvalue weighted by molar-refractivity contribution is 5.89. The van der Waals surface area contributed by atoms with E-state index in [1.807, 2.05) is 17.0 Å². The van der Waals surface area contributed by atoms with E-state index in [4.69, 9.17) is 4.74 Å². The van der Waals surface area contributed by atoms with Crippen LogP contribution < -0.4 is 10.2 Å². The molecule has 1 atom stereocenters. The van der Waals surface area contributed by atoms with Gasteiger partial charge in [0.15, 0.2) is 0 Å². The minimum absolute atomic E-state index is 0.0336. The van der Waals surface area contributed by atoms with Gasteiger partial charge in [0, 0.05) is 44.8 Å². The quantitative estimate of drug-likeness (QED) is 0.844. The third-order valence-corrected chi connectivity index (χ3v) is 5.13. The Morgan fingerprint density at radius 1 is 1.28 bits per heavy atom. The molecule has 3 heterocycles. The summed E-state index contributed by atoms with van der Waals surface area (Å²) >= 11 is 0. The molecule has 1 aliphatic carbocycles. The first kappa shape index (κ1) is 16.3. The SMILES string of the molecule is O=C(NCc1ccc(N2CCOCC2)nc1)[C@@H]1CC(=O)N(C2CC2)C1. The van der Waals surface area contributed by atoms with Gasteiger partial charge in [-0.25, -0.2) is 4.98 Å². The number of nitrogens with one attached hydrogen (secondary N) is 1. The number of morpholine rings is 1. The molecule has 2 amide bonds. The van der Waals surface area contributed by atoms with Gasteiger partial charge in [-0.05, 0) is 24.5 Å². The van der Waals surface area contributed by atoms with Gasteiger partial charge in [0.2, 0.25) is 11.8 Å². The van der Waals surface area contributed by atoms with E-state index in [1.165, 1.54) is 0 Å². The van der Waals surface area contributed by atoms with Crippen molar-refractivity contribution in [1.29, 1.82) is 0 Å². The van der Waals surface area contributed by atoms with E-state index in [9.17, 15) is 9.59 Å². The first-order valence-electron chi connectivity index (χ1n) is 9.05. The van der Waals surface area contributed by atoms with E-state index in [0.29, 0.717) is 25.6 Å².